The maximum atomic E-state index is 14.1. The van der Waals surface area contributed by atoms with Gasteiger partial charge >= 0.3 is 0 Å². The minimum atomic E-state index is -0.894. The number of rotatable bonds is 11. The molecule has 10 heteroatoms. The first kappa shape index (κ1) is 29.1. The van der Waals surface area contributed by atoms with E-state index >= 15 is 0 Å². The minimum Gasteiger partial charge on any atom is -0.364 e. The Bertz CT molecular complexity index is 1490. The highest BCUT2D eigenvalue weighted by Gasteiger charge is 2.46. The fourth-order valence-corrected chi connectivity index (χ4v) is 7.02. The number of hydrogen-bond acceptors (Lipinski definition) is 6. The van der Waals surface area contributed by atoms with Gasteiger partial charge in [0.15, 0.2) is 0 Å². The van der Waals surface area contributed by atoms with Crippen LogP contribution in [0.1, 0.15) is 97.9 Å². The average Bonchev–Trinajstić information content (AvgIpc) is 3.31. The summed E-state index contributed by atoms with van der Waals surface area (Å²) in [6.45, 7) is 4.85. The fourth-order valence-electron chi connectivity index (χ4n) is 7.02. The molecule has 0 saturated heterocycles. The molecule has 3 aliphatic rings. The molecule has 3 amide bonds. The number of nitrogens with zero attached hydrogens (tertiary/aromatic N) is 3. The van der Waals surface area contributed by atoms with Gasteiger partial charge < -0.3 is 20.5 Å². The summed E-state index contributed by atoms with van der Waals surface area (Å²) in [4.78, 5) is 41.2. The Labute approximate surface area is 252 Å². The zero-order chi connectivity index (χ0) is 30.2. The number of hydrogen-bond donors (Lipinski definition) is 3. The molecule has 3 aliphatic carbocycles. The van der Waals surface area contributed by atoms with E-state index in [1.165, 1.54) is 11.1 Å². The van der Waals surface area contributed by atoms with E-state index in [4.69, 9.17) is 4.52 Å². The topological polar surface area (TPSA) is 131 Å². The van der Waals surface area contributed by atoms with E-state index in [1.807, 2.05) is 31.2 Å². The van der Waals surface area contributed by atoms with Crippen molar-refractivity contribution in [2.24, 2.45) is 18.4 Å². The number of aromatic nitrogens is 3. The van der Waals surface area contributed by atoms with Crippen molar-refractivity contribution in [2.75, 3.05) is 11.9 Å². The van der Waals surface area contributed by atoms with Crippen LogP contribution < -0.4 is 16.0 Å². The van der Waals surface area contributed by atoms with Crippen LogP contribution in [0.15, 0.2) is 47.3 Å². The van der Waals surface area contributed by atoms with Gasteiger partial charge in [0.2, 0.25) is 11.8 Å². The van der Waals surface area contributed by atoms with E-state index in [2.05, 4.69) is 33.1 Å². The standard InChI is InChI=1S/C33H42N6O4/c1-21-19-43-38-27(21)26(22-10-11-22)28(37-29(40)25-12-17-35-39(25)3)30(41)36-24-9-6-8-23(18-24)33(15-4-5-16-33)31(42)34-20-32(2)13-7-14-32/h6,8-9,12,17-19,22,26,28H,4-5,7,10-11,13-16,20H2,1-3H3,(H,34,42)(H,36,41)(H,37,40)/t26?,28-/m0/s1. The Morgan fingerprint density at radius 3 is 2.47 bits per heavy atom. The van der Waals surface area contributed by atoms with Crippen molar-refractivity contribution >= 4 is 23.4 Å². The zero-order valence-electron chi connectivity index (χ0n) is 25.3. The van der Waals surface area contributed by atoms with Crippen molar-refractivity contribution < 1.29 is 18.9 Å². The van der Waals surface area contributed by atoms with Gasteiger partial charge in [-0.1, -0.05) is 43.5 Å². The predicted octanol–water partition coefficient (Wildman–Crippen LogP) is 4.77. The average molecular weight is 587 g/mol. The molecule has 3 saturated carbocycles. The van der Waals surface area contributed by atoms with Crippen LogP contribution in [0.4, 0.5) is 5.69 Å². The number of amides is 3. The number of benzene rings is 1. The van der Waals surface area contributed by atoms with Crippen LogP contribution in [0, 0.1) is 18.3 Å². The van der Waals surface area contributed by atoms with Gasteiger partial charge in [0.25, 0.3) is 5.91 Å². The Morgan fingerprint density at radius 2 is 1.86 bits per heavy atom. The van der Waals surface area contributed by atoms with E-state index in [1.54, 1.807) is 25.6 Å². The summed E-state index contributed by atoms with van der Waals surface area (Å²) in [6, 6.07) is 8.40. The highest BCUT2D eigenvalue weighted by Crippen LogP contribution is 2.46. The molecule has 6 rings (SSSR count). The van der Waals surface area contributed by atoms with Crippen LogP contribution in [-0.2, 0) is 22.1 Å². The van der Waals surface area contributed by atoms with Crippen LogP contribution in [0.3, 0.4) is 0 Å². The number of carbonyl (C=O) groups excluding carboxylic acids is 3. The summed E-state index contributed by atoms with van der Waals surface area (Å²) in [7, 11) is 1.69. The predicted molar refractivity (Wildman–Crippen MR) is 161 cm³/mol. The molecule has 1 aromatic carbocycles. The molecule has 10 nitrogen and oxygen atoms in total. The normalized spacial score (nSPS) is 20.1. The summed E-state index contributed by atoms with van der Waals surface area (Å²) < 4.78 is 6.74. The van der Waals surface area contributed by atoms with Crippen molar-refractivity contribution in [1.82, 2.24) is 25.6 Å². The third-order valence-electron chi connectivity index (χ3n) is 10.0. The van der Waals surface area contributed by atoms with E-state index < -0.39 is 11.5 Å². The lowest BCUT2D eigenvalue weighted by Crippen LogP contribution is -2.49. The molecule has 3 aromatic rings. The molecular weight excluding hydrogens is 544 g/mol. The summed E-state index contributed by atoms with van der Waals surface area (Å²) >= 11 is 0. The van der Waals surface area contributed by atoms with Gasteiger partial charge in [-0.2, -0.15) is 5.10 Å². The first-order valence-corrected chi connectivity index (χ1v) is 15.6. The van der Waals surface area contributed by atoms with Crippen LogP contribution in [0.25, 0.3) is 0 Å². The smallest absolute Gasteiger partial charge is 0.270 e. The van der Waals surface area contributed by atoms with Crippen molar-refractivity contribution in [3.63, 3.8) is 0 Å². The molecule has 43 heavy (non-hydrogen) atoms. The van der Waals surface area contributed by atoms with Gasteiger partial charge in [0.1, 0.15) is 18.0 Å². The monoisotopic (exact) mass is 586 g/mol. The van der Waals surface area contributed by atoms with Gasteiger partial charge in [0, 0.05) is 37.0 Å². The molecular formula is C33H42N6O4. The maximum absolute atomic E-state index is 14.1. The van der Waals surface area contributed by atoms with Gasteiger partial charge in [-0.3, -0.25) is 19.1 Å². The highest BCUT2D eigenvalue weighted by molar-refractivity contribution is 6.01. The summed E-state index contributed by atoms with van der Waals surface area (Å²) in [5.74, 6) is -0.796. The molecule has 1 unspecified atom stereocenters. The zero-order valence-corrected chi connectivity index (χ0v) is 25.3. The SMILES string of the molecule is Cc1conc1C(C1CC1)[C@H](NC(=O)c1ccnn1C)C(=O)Nc1cccc(C2(C(=O)NCC3(C)CCC3)CCCC2)c1. The van der Waals surface area contributed by atoms with E-state index in [9.17, 15) is 14.4 Å². The lowest BCUT2D eigenvalue weighted by molar-refractivity contribution is -0.127. The van der Waals surface area contributed by atoms with Gasteiger partial charge in [-0.25, -0.2) is 0 Å². The van der Waals surface area contributed by atoms with Crippen LogP contribution >= 0.6 is 0 Å². The van der Waals surface area contributed by atoms with Crippen molar-refractivity contribution in [3.05, 3.63) is 65.3 Å². The number of carbonyl (C=O) groups is 3. The first-order chi connectivity index (χ1) is 20.7. The van der Waals surface area contributed by atoms with Crippen molar-refractivity contribution in [1.29, 1.82) is 0 Å². The lowest BCUT2D eigenvalue weighted by Gasteiger charge is -2.39. The molecule has 0 aliphatic heterocycles. The largest absolute Gasteiger partial charge is 0.364 e. The summed E-state index contributed by atoms with van der Waals surface area (Å²) in [5, 5.41) is 17.7. The van der Waals surface area contributed by atoms with Gasteiger partial charge in [-0.15, -0.1) is 0 Å². The summed E-state index contributed by atoms with van der Waals surface area (Å²) in [5.41, 5.74) is 2.98. The van der Waals surface area contributed by atoms with Gasteiger partial charge in [-0.05, 0) is 80.5 Å². The highest BCUT2D eigenvalue weighted by atomic mass is 16.5. The second kappa shape index (κ2) is 11.6. The molecule has 2 aromatic heterocycles. The molecule has 0 radical (unpaired) electrons. The minimum absolute atomic E-state index is 0.0817. The Hall–Kier alpha value is -3.95. The first-order valence-electron chi connectivity index (χ1n) is 15.6. The van der Waals surface area contributed by atoms with Crippen LogP contribution in [0.5, 0.6) is 0 Å². The quantitative estimate of drug-likeness (QED) is 0.297. The van der Waals surface area contributed by atoms with E-state index in [0.717, 1.165) is 62.5 Å². The molecule has 3 N–H and O–H groups in total. The Kier molecular flexibility index (Phi) is 7.87. The Morgan fingerprint density at radius 1 is 1.09 bits per heavy atom. The maximum Gasteiger partial charge on any atom is 0.270 e. The van der Waals surface area contributed by atoms with E-state index in [-0.39, 0.29) is 35.0 Å². The second-order valence-corrected chi connectivity index (χ2v) is 13.2. The van der Waals surface area contributed by atoms with Crippen LogP contribution in [-0.4, -0.2) is 45.2 Å². The molecule has 0 spiro atoms. The summed E-state index contributed by atoms with van der Waals surface area (Å²) in [6.07, 6.45) is 12.1. The van der Waals surface area contributed by atoms with Crippen molar-refractivity contribution in [2.45, 2.75) is 89.0 Å². The van der Waals surface area contributed by atoms with E-state index in [0.29, 0.717) is 23.6 Å². The molecule has 3 fully saturated rings. The molecule has 228 valence electrons. The van der Waals surface area contributed by atoms with Gasteiger partial charge in [0.05, 0.1) is 11.1 Å². The third-order valence-corrected chi connectivity index (χ3v) is 10.0. The molecule has 0 bridgehead atoms. The Balaban J connectivity index is 1.26. The van der Waals surface area contributed by atoms with Crippen LogP contribution in [0.2, 0.25) is 0 Å². The third kappa shape index (κ3) is 5.84. The second-order valence-electron chi connectivity index (χ2n) is 13.2. The molecule has 2 heterocycles. The number of aryl methyl sites for hydroxylation is 2. The van der Waals surface area contributed by atoms with Crippen molar-refractivity contribution in [3.8, 4) is 0 Å². The fraction of sp³-hybridized carbons (Fsp3) is 0.545. The molecule has 2 atom stereocenters. The lowest BCUT2D eigenvalue weighted by atomic mass is 9.70. The number of anilines is 1. The number of nitrogens with one attached hydrogen (secondary N) is 3.